The maximum atomic E-state index is 6.24. The van der Waals surface area contributed by atoms with Gasteiger partial charge in [-0.25, -0.2) is 0 Å². The van der Waals surface area contributed by atoms with E-state index >= 15 is 0 Å². The zero-order chi connectivity index (χ0) is 11.8. The van der Waals surface area contributed by atoms with Gasteiger partial charge in [0.05, 0.1) is 6.04 Å². The van der Waals surface area contributed by atoms with E-state index in [1.807, 2.05) is 18.2 Å². The summed E-state index contributed by atoms with van der Waals surface area (Å²) < 4.78 is 0. The zero-order valence-electron chi connectivity index (χ0n) is 9.70. The van der Waals surface area contributed by atoms with Crippen LogP contribution in [0.4, 0.5) is 5.69 Å². The lowest BCUT2D eigenvalue weighted by atomic mass is 10.0. The Balaban J connectivity index is 1.94. The predicted octanol–water partition coefficient (Wildman–Crippen LogP) is 4.36. The molecule has 0 fully saturated rings. The normalized spacial score (nSPS) is 17.6. The second-order valence-corrected chi connectivity index (χ2v) is 4.99. The van der Waals surface area contributed by atoms with Gasteiger partial charge in [-0.1, -0.05) is 47.5 Å². The van der Waals surface area contributed by atoms with Gasteiger partial charge in [0.25, 0.3) is 0 Å². The average molecular weight is 244 g/mol. The molecule has 0 radical (unpaired) electrons. The van der Waals surface area contributed by atoms with Crippen LogP contribution in [0.1, 0.15) is 22.7 Å². The third-order valence-electron chi connectivity index (χ3n) is 3.30. The predicted molar refractivity (Wildman–Crippen MR) is 72.7 cm³/mol. The molecule has 0 amide bonds. The van der Waals surface area contributed by atoms with Gasteiger partial charge in [-0.05, 0) is 36.6 Å². The van der Waals surface area contributed by atoms with Crippen molar-refractivity contribution in [3.05, 3.63) is 64.2 Å². The highest BCUT2D eigenvalue weighted by Crippen LogP contribution is 2.36. The van der Waals surface area contributed by atoms with Gasteiger partial charge in [0.15, 0.2) is 0 Å². The highest BCUT2D eigenvalue weighted by Gasteiger charge is 2.23. The molecule has 1 atom stereocenters. The molecule has 1 aliphatic rings. The molecule has 0 saturated heterocycles. The minimum Gasteiger partial charge on any atom is -0.378 e. The second kappa shape index (κ2) is 4.08. The van der Waals surface area contributed by atoms with Crippen LogP contribution in [0.5, 0.6) is 0 Å². The molecule has 17 heavy (non-hydrogen) atoms. The fourth-order valence-corrected chi connectivity index (χ4v) is 2.70. The number of halogens is 1. The maximum absolute atomic E-state index is 6.24. The van der Waals surface area contributed by atoms with Crippen LogP contribution in [0.3, 0.4) is 0 Å². The summed E-state index contributed by atoms with van der Waals surface area (Å²) in [6, 6.07) is 14.9. The largest absolute Gasteiger partial charge is 0.378 e. The molecular weight excluding hydrogens is 230 g/mol. The Hall–Kier alpha value is -1.47. The summed E-state index contributed by atoms with van der Waals surface area (Å²) in [5.74, 6) is 0. The molecule has 0 spiro atoms. The molecule has 86 valence electrons. The van der Waals surface area contributed by atoms with Crippen LogP contribution in [0.25, 0.3) is 0 Å². The number of fused-ring (bicyclic) bond motifs is 1. The monoisotopic (exact) mass is 243 g/mol. The third kappa shape index (κ3) is 1.91. The summed E-state index contributed by atoms with van der Waals surface area (Å²) >= 11 is 6.24. The van der Waals surface area contributed by atoms with E-state index < -0.39 is 0 Å². The van der Waals surface area contributed by atoms with Crippen molar-refractivity contribution in [3.8, 4) is 0 Å². The Morgan fingerprint density at radius 2 is 2.00 bits per heavy atom. The first-order valence-corrected chi connectivity index (χ1v) is 6.22. The van der Waals surface area contributed by atoms with Gasteiger partial charge >= 0.3 is 0 Å². The average Bonchev–Trinajstić information content (AvgIpc) is 2.72. The van der Waals surface area contributed by atoms with Gasteiger partial charge in [0.2, 0.25) is 0 Å². The van der Waals surface area contributed by atoms with E-state index in [0.717, 1.165) is 11.4 Å². The van der Waals surface area contributed by atoms with Crippen LogP contribution in [-0.2, 0) is 6.42 Å². The number of aryl methyl sites for hydroxylation is 1. The first-order chi connectivity index (χ1) is 8.24. The van der Waals surface area contributed by atoms with Crippen molar-refractivity contribution in [2.24, 2.45) is 0 Å². The van der Waals surface area contributed by atoms with Crippen LogP contribution in [0.2, 0.25) is 5.02 Å². The molecule has 3 rings (SSSR count). The van der Waals surface area contributed by atoms with Crippen LogP contribution in [-0.4, -0.2) is 0 Å². The molecule has 2 aromatic carbocycles. The van der Waals surface area contributed by atoms with E-state index in [2.05, 4.69) is 36.5 Å². The Morgan fingerprint density at radius 1 is 1.18 bits per heavy atom. The highest BCUT2D eigenvalue weighted by molar-refractivity contribution is 6.31. The lowest BCUT2D eigenvalue weighted by Gasteiger charge is -2.13. The van der Waals surface area contributed by atoms with Gasteiger partial charge < -0.3 is 5.32 Å². The van der Waals surface area contributed by atoms with Crippen LogP contribution < -0.4 is 5.32 Å². The Labute approximate surface area is 106 Å². The van der Waals surface area contributed by atoms with Crippen molar-refractivity contribution in [2.45, 2.75) is 19.4 Å². The Kier molecular flexibility index (Phi) is 2.56. The number of anilines is 1. The quantitative estimate of drug-likeness (QED) is 0.785. The van der Waals surface area contributed by atoms with E-state index in [-0.39, 0.29) is 0 Å². The summed E-state index contributed by atoms with van der Waals surface area (Å²) in [6.45, 7) is 2.13. The number of hydrogen-bond donors (Lipinski definition) is 1. The fraction of sp³-hybridized carbons (Fsp3) is 0.200. The van der Waals surface area contributed by atoms with E-state index in [0.29, 0.717) is 6.04 Å². The van der Waals surface area contributed by atoms with Gasteiger partial charge in [-0.15, -0.1) is 0 Å². The summed E-state index contributed by atoms with van der Waals surface area (Å²) in [4.78, 5) is 0. The molecule has 0 aliphatic carbocycles. The first kappa shape index (κ1) is 10.7. The van der Waals surface area contributed by atoms with E-state index in [1.54, 1.807) is 0 Å². The van der Waals surface area contributed by atoms with Crippen LogP contribution >= 0.6 is 11.6 Å². The zero-order valence-corrected chi connectivity index (χ0v) is 10.5. The lowest BCUT2D eigenvalue weighted by Crippen LogP contribution is -2.05. The molecule has 1 heterocycles. The number of hydrogen-bond acceptors (Lipinski definition) is 1. The molecule has 1 unspecified atom stereocenters. The van der Waals surface area contributed by atoms with Gasteiger partial charge in [-0.2, -0.15) is 0 Å². The summed E-state index contributed by atoms with van der Waals surface area (Å²) in [7, 11) is 0. The molecule has 1 N–H and O–H groups in total. The van der Waals surface area contributed by atoms with E-state index in [1.165, 1.54) is 22.4 Å². The Bertz CT molecular complexity index is 563. The highest BCUT2D eigenvalue weighted by atomic mass is 35.5. The van der Waals surface area contributed by atoms with Crippen molar-refractivity contribution in [2.75, 3.05) is 5.32 Å². The van der Waals surface area contributed by atoms with E-state index in [4.69, 9.17) is 11.6 Å². The minimum atomic E-state index is 0.306. The Morgan fingerprint density at radius 3 is 2.82 bits per heavy atom. The van der Waals surface area contributed by atoms with Gasteiger partial charge in [-0.3, -0.25) is 0 Å². The fourth-order valence-electron chi connectivity index (χ4n) is 2.44. The number of rotatable bonds is 1. The molecule has 0 saturated carbocycles. The smallest absolute Gasteiger partial charge is 0.0569 e. The molecule has 0 bridgehead atoms. The molecule has 2 heteroatoms. The molecular formula is C15H14ClN. The topological polar surface area (TPSA) is 12.0 Å². The summed E-state index contributed by atoms with van der Waals surface area (Å²) in [6.07, 6.45) is 1.01. The number of benzene rings is 2. The SMILES string of the molecule is Cc1ccc2c(c1)CC(c1ccccc1Cl)N2. The van der Waals surface area contributed by atoms with Crippen molar-refractivity contribution >= 4 is 17.3 Å². The standard InChI is InChI=1S/C15H14ClN/c1-10-6-7-14-11(8-10)9-15(17-14)12-4-2-3-5-13(12)16/h2-8,15,17H,9H2,1H3. The van der Waals surface area contributed by atoms with E-state index in [9.17, 15) is 0 Å². The van der Waals surface area contributed by atoms with Crippen molar-refractivity contribution in [3.63, 3.8) is 0 Å². The van der Waals surface area contributed by atoms with Gasteiger partial charge in [0.1, 0.15) is 0 Å². The summed E-state index contributed by atoms with van der Waals surface area (Å²) in [5.41, 5.74) is 5.11. The first-order valence-electron chi connectivity index (χ1n) is 5.84. The lowest BCUT2D eigenvalue weighted by molar-refractivity contribution is 0.824. The second-order valence-electron chi connectivity index (χ2n) is 4.58. The third-order valence-corrected chi connectivity index (χ3v) is 3.64. The van der Waals surface area contributed by atoms with Crippen LogP contribution in [0, 0.1) is 6.92 Å². The minimum absolute atomic E-state index is 0.306. The molecule has 0 aromatic heterocycles. The molecule has 1 aliphatic heterocycles. The van der Waals surface area contributed by atoms with Crippen molar-refractivity contribution in [1.82, 2.24) is 0 Å². The van der Waals surface area contributed by atoms with Crippen LogP contribution in [0.15, 0.2) is 42.5 Å². The van der Waals surface area contributed by atoms with Crippen molar-refractivity contribution in [1.29, 1.82) is 0 Å². The van der Waals surface area contributed by atoms with Crippen molar-refractivity contribution < 1.29 is 0 Å². The molecule has 1 nitrogen and oxygen atoms in total. The molecule has 2 aromatic rings. The van der Waals surface area contributed by atoms with Gasteiger partial charge in [0, 0.05) is 10.7 Å². The number of nitrogens with one attached hydrogen (secondary N) is 1. The maximum Gasteiger partial charge on any atom is 0.0569 e. The summed E-state index contributed by atoms with van der Waals surface area (Å²) in [5, 5.41) is 4.38.